The number of benzene rings is 1. The van der Waals surface area contributed by atoms with Crippen LogP contribution in [0.3, 0.4) is 0 Å². The van der Waals surface area contributed by atoms with Crippen molar-refractivity contribution in [2.24, 2.45) is 0 Å². The molecular weight excluding hydrogens is 258 g/mol. The zero-order valence-electron chi connectivity index (χ0n) is 12.0. The number of para-hydroxylation sites is 1. The van der Waals surface area contributed by atoms with Gasteiger partial charge in [0.05, 0.1) is 12.1 Å². The largest absolute Gasteiger partial charge is 0.389 e. The van der Waals surface area contributed by atoms with E-state index in [4.69, 9.17) is 0 Å². The number of rotatable bonds is 5. The van der Waals surface area contributed by atoms with Gasteiger partial charge in [-0.1, -0.05) is 18.2 Å². The lowest BCUT2D eigenvalue weighted by Gasteiger charge is -2.25. The molecule has 0 saturated heterocycles. The monoisotopic (exact) mass is 279 g/mol. The van der Waals surface area contributed by atoms with Crippen LogP contribution in [0, 0.1) is 0 Å². The molecule has 0 radical (unpaired) electrons. The van der Waals surface area contributed by atoms with Crippen molar-refractivity contribution in [2.75, 3.05) is 25.5 Å². The van der Waals surface area contributed by atoms with Crippen molar-refractivity contribution >= 4 is 17.6 Å². The summed E-state index contributed by atoms with van der Waals surface area (Å²) in [7, 11) is 1.58. The van der Waals surface area contributed by atoms with Crippen molar-refractivity contribution in [1.29, 1.82) is 0 Å². The van der Waals surface area contributed by atoms with Crippen LogP contribution in [0.15, 0.2) is 30.3 Å². The minimum Gasteiger partial charge on any atom is -0.389 e. The van der Waals surface area contributed by atoms with Gasteiger partial charge >= 0.3 is 6.03 Å². The van der Waals surface area contributed by atoms with Crippen molar-refractivity contribution in [3.8, 4) is 0 Å². The normalized spacial score (nSPS) is 10.8. The number of urea groups is 1. The molecule has 1 rings (SSSR count). The molecule has 0 aromatic heterocycles. The molecule has 0 bridgehead atoms. The van der Waals surface area contributed by atoms with Crippen molar-refractivity contribution < 1.29 is 14.7 Å². The molecule has 1 aromatic rings. The highest BCUT2D eigenvalue weighted by molar-refractivity contribution is 5.92. The number of aliphatic hydroxyl groups is 1. The summed E-state index contributed by atoms with van der Waals surface area (Å²) in [6, 6.07) is 8.51. The maximum absolute atomic E-state index is 11.7. The number of amides is 3. The van der Waals surface area contributed by atoms with Gasteiger partial charge in [-0.25, -0.2) is 4.79 Å². The van der Waals surface area contributed by atoms with Gasteiger partial charge in [0.1, 0.15) is 0 Å². The molecule has 0 saturated carbocycles. The molecule has 0 aliphatic rings. The molecule has 6 nitrogen and oxygen atoms in total. The molecule has 20 heavy (non-hydrogen) atoms. The second-order valence-electron chi connectivity index (χ2n) is 5.24. The molecular formula is C14H21N3O3. The minimum atomic E-state index is -0.962. The van der Waals surface area contributed by atoms with Crippen LogP contribution in [0.25, 0.3) is 0 Å². The summed E-state index contributed by atoms with van der Waals surface area (Å²) in [5.41, 5.74) is -0.307. The van der Waals surface area contributed by atoms with Gasteiger partial charge in [0.2, 0.25) is 5.91 Å². The molecule has 3 N–H and O–H groups in total. The summed E-state index contributed by atoms with van der Waals surface area (Å²) in [4.78, 5) is 24.7. The van der Waals surface area contributed by atoms with E-state index < -0.39 is 11.6 Å². The third-order valence-electron chi connectivity index (χ3n) is 2.48. The molecule has 1 aromatic carbocycles. The lowest BCUT2D eigenvalue weighted by molar-refractivity contribution is -0.131. The van der Waals surface area contributed by atoms with Gasteiger partial charge in [-0.05, 0) is 26.0 Å². The van der Waals surface area contributed by atoms with Crippen LogP contribution in [0.5, 0.6) is 0 Å². The van der Waals surface area contributed by atoms with E-state index in [-0.39, 0.29) is 19.0 Å². The van der Waals surface area contributed by atoms with Crippen molar-refractivity contribution in [3.63, 3.8) is 0 Å². The Morgan fingerprint density at radius 2 is 1.85 bits per heavy atom. The molecule has 3 amide bonds. The number of carbonyl (C=O) groups excluding carboxylic acids is 2. The maximum atomic E-state index is 11.7. The zero-order chi connectivity index (χ0) is 15.2. The van der Waals surface area contributed by atoms with Crippen LogP contribution < -0.4 is 10.6 Å². The Kier molecular flexibility index (Phi) is 5.52. The van der Waals surface area contributed by atoms with E-state index in [0.29, 0.717) is 5.69 Å². The molecule has 0 heterocycles. The third-order valence-corrected chi connectivity index (χ3v) is 2.48. The highest BCUT2D eigenvalue weighted by Gasteiger charge is 2.19. The topological polar surface area (TPSA) is 81.7 Å². The van der Waals surface area contributed by atoms with Gasteiger partial charge in [0, 0.05) is 19.3 Å². The standard InChI is InChI=1S/C14H21N3O3/c1-14(2,20)10-17(3)12(18)9-15-13(19)16-11-7-5-4-6-8-11/h4-8,20H,9-10H2,1-3H3,(H2,15,16,19). The third kappa shape index (κ3) is 6.19. The van der Waals surface area contributed by atoms with E-state index >= 15 is 0 Å². The quantitative estimate of drug-likeness (QED) is 0.753. The van der Waals surface area contributed by atoms with Crippen LogP contribution in [-0.2, 0) is 4.79 Å². The Bertz CT molecular complexity index is 454. The van der Waals surface area contributed by atoms with Gasteiger partial charge in [0.25, 0.3) is 0 Å². The van der Waals surface area contributed by atoms with Gasteiger partial charge in [-0.3, -0.25) is 4.79 Å². The first-order valence-electron chi connectivity index (χ1n) is 6.34. The minimum absolute atomic E-state index is 0.120. The molecule has 0 aliphatic heterocycles. The van der Waals surface area contributed by atoms with Gasteiger partial charge in [0.15, 0.2) is 0 Å². The Morgan fingerprint density at radius 1 is 1.25 bits per heavy atom. The fraction of sp³-hybridized carbons (Fsp3) is 0.429. The van der Waals surface area contributed by atoms with Crippen LogP contribution in [0.2, 0.25) is 0 Å². The smallest absolute Gasteiger partial charge is 0.319 e. The summed E-state index contributed by atoms with van der Waals surface area (Å²) in [5, 5.41) is 14.7. The Hall–Kier alpha value is -2.08. The first kappa shape index (κ1) is 16.0. The van der Waals surface area contributed by atoms with Gasteiger partial charge < -0.3 is 20.6 Å². The van der Waals surface area contributed by atoms with Crippen molar-refractivity contribution in [2.45, 2.75) is 19.4 Å². The fourth-order valence-corrected chi connectivity index (χ4v) is 1.66. The van der Waals surface area contributed by atoms with Crippen LogP contribution in [0.1, 0.15) is 13.8 Å². The molecule has 0 fully saturated rings. The number of hydrogen-bond acceptors (Lipinski definition) is 3. The van der Waals surface area contributed by atoms with Crippen LogP contribution in [-0.4, -0.2) is 47.7 Å². The summed E-state index contributed by atoms with van der Waals surface area (Å²) in [6.45, 7) is 3.32. The molecule has 0 spiro atoms. The Morgan fingerprint density at radius 3 is 2.40 bits per heavy atom. The van der Waals surface area contributed by atoms with Crippen LogP contribution >= 0.6 is 0 Å². The Balaban J connectivity index is 2.35. The van der Waals surface area contributed by atoms with Crippen LogP contribution in [0.4, 0.5) is 10.5 Å². The number of nitrogens with one attached hydrogen (secondary N) is 2. The summed E-state index contributed by atoms with van der Waals surface area (Å²) in [5.74, 6) is -0.268. The lowest BCUT2D eigenvalue weighted by Crippen LogP contribution is -2.45. The molecule has 110 valence electrons. The molecule has 0 unspecified atom stereocenters. The first-order valence-corrected chi connectivity index (χ1v) is 6.34. The van der Waals surface area contributed by atoms with Gasteiger partial charge in [-0.15, -0.1) is 0 Å². The number of likely N-dealkylation sites (N-methyl/N-ethyl adjacent to an activating group) is 1. The van der Waals surface area contributed by atoms with E-state index in [1.54, 1.807) is 45.2 Å². The van der Waals surface area contributed by atoms with E-state index in [0.717, 1.165) is 0 Å². The average molecular weight is 279 g/mol. The SMILES string of the molecule is CN(CC(C)(C)O)C(=O)CNC(=O)Nc1ccccc1. The number of nitrogens with zero attached hydrogens (tertiary/aromatic N) is 1. The highest BCUT2D eigenvalue weighted by Crippen LogP contribution is 2.04. The Labute approximate surface area is 118 Å². The number of hydrogen-bond donors (Lipinski definition) is 3. The van der Waals surface area contributed by atoms with Gasteiger partial charge in [-0.2, -0.15) is 0 Å². The van der Waals surface area contributed by atoms with E-state index in [1.165, 1.54) is 4.90 Å². The zero-order valence-corrected chi connectivity index (χ0v) is 12.0. The summed E-state index contributed by atoms with van der Waals surface area (Å²) in [6.07, 6.45) is 0. The molecule has 0 aliphatic carbocycles. The second-order valence-corrected chi connectivity index (χ2v) is 5.24. The van der Waals surface area contributed by atoms with E-state index in [9.17, 15) is 14.7 Å². The highest BCUT2D eigenvalue weighted by atomic mass is 16.3. The van der Waals surface area contributed by atoms with Crippen molar-refractivity contribution in [3.05, 3.63) is 30.3 Å². The van der Waals surface area contributed by atoms with E-state index in [1.807, 2.05) is 6.07 Å². The maximum Gasteiger partial charge on any atom is 0.319 e. The first-order chi connectivity index (χ1) is 9.28. The predicted molar refractivity (Wildman–Crippen MR) is 77.4 cm³/mol. The van der Waals surface area contributed by atoms with Crippen molar-refractivity contribution in [1.82, 2.24) is 10.2 Å². The van der Waals surface area contributed by atoms with E-state index in [2.05, 4.69) is 10.6 Å². The summed E-state index contributed by atoms with van der Waals surface area (Å²) >= 11 is 0. The lowest BCUT2D eigenvalue weighted by atomic mass is 10.1. The number of anilines is 1. The molecule has 0 atom stereocenters. The predicted octanol–water partition coefficient (Wildman–Crippen LogP) is 1.04. The average Bonchev–Trinajstić information content (AvgIpc) is 2.35. The number of carbonyl (C=O) groups is 2. The molecule has 6 heteroatoms. The fourth-order valence-electron chi connectivity index (χ4n) is 1.66. The second kappa shape index (κ2) is 6.91. The summed E-state index contributed by atoms with van der Waals surface area (Å²) < 4.78 is 0.